The molecule has 0 bridgehead atoms. The van der Waals surface area contributed by atoms with E-state index in [0.29, 0.717) is 29.4 Å². The zero-order valence-electron chi connectivity index (χ0n) is 27.1. The van der Waals surface area contributed by atoms with Crippen molar-refractivity contribution < 1.29 is 41.8 Å². The number of amides is 1. The Balaban J connectivity index is 1.67. The molecule has 12 nitrogen and oxygen atoms in total. The summed E-state index contributed by atoms with van der Waals surface area (Å²) in [6, 6.07) is 10.9. The Hall–Kier alpha value is -3.39. The van der Waals surface area contributed by atoms with E-state index < -0.39 is 33.9 Å². The standard InChI is InChI=1S/C32H46N4O8S/c1-7-8-14-35(24-11-9-10-22(15-24)20-36(2,3)4)29(37)19-34-18-25(23-16-27(42-5)31-28(17-23)43-21-44-31)30(32(38)39)26(34)12-13-33-45(6,40)41/h9-11,15-17,25-26,30,33H,7-8,12-14,18-21H2,1-6H3/p+1/t25-,26+,30-/m1/s1. The molecule has 13 heteroatoms. The number of anilines is 1. The molecule has 0 spiro atoms. The van der Waals surface area contributed by atoms with Crippen LogP contribution in [0.4, 0.5) is 5.69 Å². The van der Waals surface area contributed by atoms with Crippen molar-refractivity contribution in [2.45, 2.75) is 44.7 Å². The number of ether oxygens (including phenoxy) is 3. The van der Waals surface area contributed by atoms with Crippen molar-refractivity contribution in [2.75, 3.05) is 72.4 Å². The quantitative estimate of drug-likeness (QED) is 0.280. The van der Waals surface area contributed by atoms with Gasteiger partial charge in [0, 0.05) is 42.8 Å². The highest BCUT2D eigenvalue weighted by molar-refractivity contribution is 7.88. The molecule has 0 radical (unpaired) electrons. The lowest BCUT2D eigenvalue weighted by Crippen LogP contribution is -2.45. The SMILES string of the molecule is CCCCN(C(=O)CN1C[C@H](c2cc(OC)c3c(c2)OCO3)[C@@H](C(=O)O)[C@@H]1CCNS(C)(=O)=O)c1cccc(C[N+](C)(C)C)c1. The van der Waals surface area contributed by atoms with Gasteiger partial charge in [0.05, 0.1) is 47.0 Å². The normalized spacial score (nSPS) is 19.9. The second-order valence-electron chi connectivity index (χ2n) is 12.9. The highest BCUT2D eigenvalue weighted by atomic mass is 32.2. The minimum absolute atomic E-state index is 0.0191. The zero-order valence-corrected chi connectivity index (χ0v) is 27.9. The number of methoxy groups -OCH3 is 1. The van der Waals surface area contributed by atoms with Crippen LogP contribution in [-0.2, 0) is 26.2 Å². The van der Waals surface area contributed by atoms with E-state index in [0.717, 1.165) is 41.4 Å². The molecule has 0 aromatic heterocycles. The van der Waals surface area contributed by atoms with Gasteiger partial charge in [-0.1, -0.05) is 25.5 Å². The first-order valence-corrected chi connectivity index (χ1v) is 17.2. The van der Waals surface area contributed by atoms with Crippen molar-refractivity contribution in [3.63, 3.8) is 0 Å². The number of likely N-dealkylation sites (tertiary alicyclic amines) is 1. The molecule has 2 aromatic rings. The molecule has 2 heterocycles. The summed E-state index contributed by atoms with van der Waals surface area (Å²) in [5.74, 6) is -1.22. The molecule has 248 valence electrons. The zero-order chi connectivity index (χ0) is 32.9. The van der Waals surface area contributed by atoms with Gasteiger partial charge in [0.25, 0.3) is 0 Å². The predicted octanol–water partition coefficient (Wildman–Crippen LogP) is 2.87. The average molecular weight is 648 g/mol. The summed E-state index contributed by atoms with van der Waals surface area (Å²) in [6.45, 7) is 3.73. The van der Waals surface area contributed by atoms with Crippen LogP contribution < -0.4 is 23.8 Å². The molecule has 45 heavy (non-hydrogen) atoms. The molecule has 2 aliphatic heterocycles. The molecule has 0 unspecified atom stereocenters. The van der Waals surface area contributed by atoms with Gasteiger partial charge >= 0.3 is 5.97 Å². The number of hydrogen-bond acceptors (Lipinski definition) is 8. The number of nitrogens with one attached hydrogen (secondary N) is 1. The lowest BCUT2D eigenvalue weighted by atomic mass is 9.84. The number of unbranched alkanes of at least 4 members (excludes halogenated alkanes) is 1. The summed E-state index contributed by atoms with van der Waals surface area (Å²) in [5.41, 5.74) is 2.61. The first-order valence-electron chi connectivity index (χ1n) is 15.3. The minimum atomic E-state index is -3.49. The molecule has 3 atom stereocenters. The van der Waals surface area contributed by atoms with Gasteiger partial charge in [-0.15, -0.1) is 0 Å². The molecule has 4 rings (SSSR count). The van der Waals surface area contributed by atoms with Gasteiger partial charge in [-0.25, -0.2) is 13.1 Å². The lowest BCUT2D eigenvalue weighted by molar-refractivity contribution is -0.884. The number of aliphatic carboxylic acids is 1. The maximum absolute atomic E-state index is 14.1. The van der Waals surface area contributed by atoms with Crippen molar-refractivity contribution in [3.8, 4) is 17.2 Å². The van der Waals surface area contributed by atoms with E-state index in [1.54, 1.807) is 17.0 Å². The number of nitrogens with zero attached hydrogens (tertiary/aromatic N) is 3. The Bertz CT molecular complexity index is 1480. The number of sulfonamides is 1. The Morgan fingerprint density at radius 3 is 2.58 bits per heavy atom. The molecule has 1 amide bonds. The predicted molar refractivity (Wildman–Crippen MR) is 171 cm³/mol. The molecule has 2 N–H and O–H groups in total. The maximum Gasteiger partial charge on any atom is 0.308 e. The third-order valence-electron chi connectivity index (χ3n) is 8.20. The largest absolute Gasteiger partial charge is 0.493 e. The summed E-state index contributed by atoms with van der Waals surface area (Å²) in [5, 5.41) is 10.5. The first kappa shape index (κ1) is 34.5. The number of carboxylic acids is 1. The highest BCUT2D eigenvalue weighted by Crippen LogP contribution is 2.47. The molecule has 0 aliphatic carbocycles. The number of carbonyl (C=O) groups excluding carboxylic acids is 1. The number of carboxylic acid groups (broad SMARTS) is 1. The van der Waals surface area contributed by atoms with Crippen LogP contribution in [0.25, 0.3) is 0 Å². The van der Waals surface area contributed by atoms with Crippen molar-refractivity contribution >= 4 is 27.6 Å². The molecular weight excluding hydrogens is 600 g/mol. The fraction of sp³-hybridized carbons (Fsp3) is 0.562. The molecule has 2 aromatic carbocycles. The summed E-state index contributed by atoms with van der Waals surface area (Å²) in [4.78, 5) is 30.7. The minimum Gasteiger partial charge on any atom is -0.493 e. The smallest absolute Gasteiger partial charge is 0.308 e. The Labute approximate surface area is 266 Å². The van der Waals surface area contributed by atoms with Crippen molar-refractivity contribution in [1.82, 2.24) is 9.62 Å². The lowest BCUT2D eigenvalue weighted by Gasteiger charge is -2.30. The van der Waals surface area contributed by atoms with E-state index >= 15 is 0 Å². The molecule has 1 fully saturated rings. The van der Waals surface area contributed by atoms with Crippen LogP contribution in [0.3, 0.4) is 0 Å². The van der Waals surface area contributed by atoms with Crippen LogP contribution in [0, 0.1) is 5.92 Å². The van der Waals surface area contributed by atoms with Crippen molar-refractivity contribution in [3.05, 3.63) is 47.5 Å². The van der Waals surface area contributed by atoms with Crippen molar-refractivity contribution in [2.24, 2.45) is 5.92 Å². The van der Waals surface area contributed by atoms with Crippen LogP contribution in [-0.4, -0.2) is 108 Å². The fourth-order valence-corrected chi connectivity index (χ4v) is 6.78. The van der Waals surface area contributed by atoms with Gasteiger partial charge in [0.1, 0.15) is 6.54 Å². The van der Waals surface area contributed by atoms with E-state index in [1.807, 2.05) is 17.0 Å². The van der Waals surface area contributed by atoms with Crippen molar-refractivity contribution in [1.29, 1.82) is 0 Å². The third kappa shape index (κ3) is 8.87. The number of quaternary nitrogens is 1. The second-order valence-corrected chi connectivity index (χ2v) is 14.7. The molecule has 1 saturated heterocycles. The Morgan fingerprint density at radius 1 is 1.18 bits per heavy atom. The average Bonchev–Trinajstić information content (AvgIpc) is 3.56. The number of carbonyl (C=O) groups is 2. The number of fused-ring (bicyclic) bond motifs is 1. The summed E-state index contributed by atoms with van der Waals surface area (Å²) in [7, 11) is 4.36. The summed E-state index contributed by atoms with van der Waals surface area (Å²) < 4.78 is 43.6. The van der Waals surface area contributed by atoms with E-state index in [2.05, 4.69) is 44.9 Å². The fourth-order valence-electron chi connectivity index (χ4n) is 6.29. The van der Waals surface area contributed by atoms with Crippen LogP contribution in [0.5, 0.6) is 17.2 Å². The molecular formula is C32H47N4O8S+. The summed E-state index contributed by atoms with van der Waals surface area (Å²) >= 11 is 0. The van der Waals surface area contributed by atoms with Crippen LogP contribution in [0.1, 0.15) is 43.2 Å². The van der Waals surface area contributed by atoms with Gasteiger partial charge in [-0.3, -0.25) is 14.5 Å². The van der Waals surface area contributed by atoms with Gasteiger partial charge in [0.15, 0.2) is 11.5 Å². The number of benzene rings is 2. The van der Waals surface area contributed by atoms with E-state index in [4.69, 9.17) is 14.2 Å². The monoisotopic (exact) mass is 647 g/mol. The van der Waals surface area contributed by atoms with Crippen LogP contribution in [0.15, 0.2) is 36.4 Å². The molecule has 2 aliphatic rings. The van der Waals surface area contributed by atoms with Gasteiger partial charge in [-0.05, 0) is 42.7 Å². The Morgan fingerprint density at radius 2 is 1.93 bits per heavy atom. The summed E-state index contributed by atoms with van der Waals surface area (Å²) in [6.07, 6.45) is 2.99. The molecule has 0 saturated carbocycles. The van der Waals surface area contributed by atoms with Gasteiger partial charge in [-0.2, -0.15) is 0 Å². The maximum atomic E-state index is 14.1. The van der Waals surface area contributed by atoms with E-state index in [1.165, 1.54) is 7.11 Å². The Kier molecular flexibility index (Phi) is 11.0. The second kappa shape index (κ2) is 14.4. The van der Waals surface area contributed by atoms with E-state index in [9.17, 15) is 23.1 Å². The van der Waals surface area contributed by atoms with Crippen LogP contribution in [0.2, 0.25) is 0 Å². The third-order valence-corrected chi connectivity index (χ3v) is 8.93. The van der Waals surface area contributed by atoms with Crippen LogP contribution >= 0.6 is 0 Å². The topological polar surface area (TPSA) is 135 Å². The number of rotatable bonds is 15. The van der Waals surface area contributed by atoms with E-state index in [-0.39, 0.29) is 38.8 Å². The van der Waals surface area contributed by atoms with Gasteiger partial charge in [0.2, 0.25) is 28.5 Å². The first-order chi connectivity index (χ1) is 21.2. The van der Waals surface area contributed by atoms with Gasteiger partial charge < -0.3 is 28.7 Å². The number of hydrogen-bond donors (Lipinski definition) is 2. The highest BCUT2D eigenvalue weighted by Gasteiger charge is 2.47.